The average molecular weight is 208 g/mol. The van der Waals surface area contributed by atoms with Gasteiger partial charge in [-0.05, 0) is 19.4 Å². The Morgan fingerprint density at radius 1 is 1.33 bits per heavy atom. The minimum absolute atomic E-state index is 0.301. The fourth-order valence-corrected chi connectivity index (χ4v) is 1.63. The molecular weight excluding hydrogens is 192 g/mol. The first-order valence-corrected chi connectivity index (χ1v) is 4.86. The molecule has 0 saturated heterocycles. The van der Waals surface area contributed by atoms with E-state index >= 15 is 0 Å². The van der Waals surface area contributed by atoms with Crippen LogP contribution in [-0.4, -0.2) is 24.3 Å². The predicted octanol–water partition coefficient (Wildman–Crippen LogP) is 1.38. The van der Waals surface area contributed by atoms with Crippen LogP contribution in [0.4, 0.5) is 0 Å². The Balaban J connectivity index is 2.76. The van der Waals surface area contributed by atoms with Gasteiger partial charge >= 0.3 is 5.97 Å². The van der Waals surface area contributed by atoms with Crippen molar-refractivity contribution in [2.24, 2.45) is 0 Å². The molecule has 0 spiro atoms. The summed E-state index contributed by atoms with van der Waals surface area (Å²) in [5.41, 5.74) is 3.20. The van der Waals surface area contributed by atoms with Crippen molar-refractivity contribution in [3.05, 3.63) is 34.9 Å². The topological polar surface area (TPSA) is 46.5 Å². The van der Waals surface area contributed by atoms with Crippen LogP contribution in [0.2, 0.25) is 0 Å². The maximum atomic E-state index is 11.0. The molecule has 1 unspecified atom stereocenters. The molecule has 1 rings (SSSR count). The standard InChI is InChI=1S/C12H16O3/c1-8-4-9(2)6-10(5-8)7-11(13)12(14)15-3/h4-6,11,13H,7H2,1-3H3. The summed E-state index contributed by atoms with van der Waals surface area (Å²) in [6, 6.07) is 5.96. The molecule has 1 N–H and O–H groups in total. The highest BCUT2D eigenvalue weighted by atomic mass is 16.5. The van der Waals surface area contributed by atoms with Crippen molar-refractivity contribution < 1.29 is 14.6 Å². The normalized spacial score (nSPS) is 12.3. The molecule has 0 aliphatic carbocycles. The summed E-state index contributed by atoms with van der Waals surface area (Å²) in [4.78, 5) is 11.0. The summed E-state index contributed by atoms with van der Waals surface area (Å²) >= 11 is 0. The van der Waals surface area contributed by atoms with E-state index in [2.05, 4.69) is 4.74 Å². The van der Waals surface area contributed by atoms with Crippen LogP contribution < -0.4 is 0 Å². The lowest BCUT2D eigenvalue weighted by Gasteiger charge is -2.09. The quantitative estimate of drug-likeness (QED) is 0.763. The molecule has 0 saturated carbocycles. The van der Waals surface area contributed by atoms with Crippen molar-refractivity contribution >= 4 is 5.97 Å². The number of benzene rings is 1. The number of aryl methyl sites for hydroxylation is 2. The Bertz CT molecular complexity index is 338. The van der Waals surface area contributed by atoms with Gasteiger partial charge in [-0.1, -0.05) is 29.3 Å². The van der Waals surface area contributed by atoms with Gasteiger partial charge in [-0.2, -0.15) is 0 Å². The number of hydrogen-bond acceptors (Lipinski definition) is 3. The third kappa shape index (κ3) is 3.36. The molecule has 0 aliphatic rings. The number of aliphatic hydroxyl groups is 1. The van der Waals surface area contributed by atoms with E-state index in [9.17, 15) is 9.90 Å². The van der Waals surface area contributed by atoms with Crippen molar-refractivity contribution in [1.82, 2.24) is 0 Å². The second-order valence-corrected chi connectivity index (χ2v) is 3.74. The summed E-state index contributed by atoms with van der Waals surface area (Å²) in [5, 5.41) is 9.48. The Kier molecular flexibility index (Phi) is 3.86. The number of carbonyl (C=O) groups excluding carboxylic acids is 1. The van der Waals surface area contributed by atoms with Crippen LogP contribution in [0.3, 0.4) is 0 Å². The minimum atomic E-state index is -1.07. The van der Waals surface area contributed by atoms with Gasteiger partial charge in [-0.15, -0.1) is 0 Å². The van der Waals surface area contributed by atoms with E-state index in [4.69, 9.17) is 0 Å². The molecule has 15 heavy (non-hydrogen) atoms. The molecule has 1 atom stereocenters. The maximum absolute atomic E-state index is 11.0. The van der Waals surface area contributed by atoms with Crippen molar-refractivity contribution in [2.45, 2.75) is 26.4 Å². The van der Waals surface area contributed by atoms with Crippen LogP contribution in [0.5, 0.6) is 0 Å². The monoisotopic (exact) mass is 208 g/mol. The molecule has 1 aromatic rings. The van der Waals surface area contributed by atoms with Gasteiger partial charge in [0.1, 0.15) is 0 Å². The molecule has 3 nitrogen and oxygen atoms in total. The van der Waals surface area contributed by atoms with E-state index in [1.165, 1.54) is 7.11 Å². The fraction of sp³-hybridized carbons (Fsp3) is 0.417. The molecule has 0 aliphatic heterocycles. The zero-order chi connectivity index (χ0) is 11.4. The molecular formula is C12H16O3. The molecule has 0 radical (unpaired) electrons. The first-order chi connectivity index (χ1) is 7.02. The van der Waals surface area contributed by atoms with E-state index in [1.54, 1.807) is 0 Å². The summed E-state index contributed by atoms with van der Waals surface area (Å²) in [6.45, 7) is 3.97. The van der Waals surface area contributed by atoms with E-state index in [1.807, 2.05) is 32.0 Å². The first kappa shape index (κ1) is 11.7. The van der Waals surface area contributed by atoms with E-state index in [0.717, 1.165) is 16.7 Å². The van der Waals surface area contributed by atoms with Crippen molar-refractivity contribution in [1.29, 1.82) is 0 Å². The molecule has 0 aromatic heterocycles. The van der Waals surface area contributed by atoms with Gasteiger partial charge in [0.05, 0.1) is 7.11 Å². The SMILES string of the molecule is COC(=O)C(O)Cc1cc(C)cc(C)c1. The largest absolute Gasteiger partial charge is 0.467 e. The van der Waals surface area contributed by atoms with Gasteiger partial charge < -0.3 is 9.84 Å². The smallest absolute Gasteiger partial charge is 0.335 e. The summed E-state index contributed by atoms with van der Waals surface area (Å²) < 4.78 is 4.46. The maximum Gasteiger partial charge on any atom is 0.335 e. The third-order valence-electron chi connectivity index (χ3n) is 2.18. The minimum Gasteiger partial charge on any atom is -0.467 e. The van der Waals surface area contributed by atoms with Crippen molar-refractivity contribution in [3.63, 3.8) is 0 Å². The summed E-state index contributed by atoms with van der Waals surface area (Å²) in [7, 11) is 1.27. The number of aliphatic hydroxyl groups excluding tert-OH is 1. The predicted molar refractivity (Wildman–Crippen MR) is 57.6 cm³/mol. The van der Waals surface area contributed by atoms with Gasteiger partial charge in [0.15, 0.2) is 6.10 Å². The summed E-state index contributed by atoms with van der Waals surface area (Å²) in [5.74, 6) is -0.589. The number of hydrogen-bond donors (Lipinski definition) is 1. The Morgan fingerprint density at radius 2 is 1.87 bits per heavy atom. The number of ether oxygens (including phenoxy) is 1. The lowest BCUT2D eigenvalue weighted by Crippen LogP contribution is -2.24. The van der Waals surface area contributed by atoms with Crippen LogP contribution in [0.15, 0.2) is 18.2 Å². The van der Waals surface area contributed by atoms with Crippen molar-refractivity contribution in [2.75, 3.05) is 7.11 Å². The second-order valence-electron chi connectivity index (χ2n) is 3.74. The molecule has 1 aromatic carbocycles. The molecule has 82 valence electrons. The third-order valence-corrected chi connectivity index (χ3v) is 2.18. The van der Waals surface area contributed by atoms with Gasteiger partial charge in [0, 0.05) is 6.42 Å². The summed E-state index contributed by atoms with van der Waals surface area (Å²) in [6.07, 6.45) is -0.772. The van der Waals surface area contributed by atoms with Gasteiger partial charge in [-0.25, -0.2) is 4.79 Å². The van der Waals surface area contributed by atoms with Crippen LogP contribution in [-0.2, 0) is 16.0 Å². The van der Waals surface area contributed by atoms with E-state index < -0.39 is 12.1 Å². The Morgan fingerprint density at radius 3 is 2.33 bits per heavy atom. The number of carbonyl (C=O) groups is 1. The Hall–Kier alpha value is -1.35. The lowest BCUT2D eigenvalue weighted by atomic mass is 10.0. The fourth-order valence-electron chi connectivity index (χ4n) is 1.63. The number of esters is 1. The highest BCUT2D eigenvalue weighted by Crippen LogP contribution is 2.11. The molecule has 0 heterocycles. The van der Waals surface area contributed by atoms with Crippen LogP contribution >= 0.6 is 0 Å². The zero-order valence-electron chi connectivity index (χ0n) is 9.28. The van der Waals surface area contributed by atoms with Gasteiger partial charge in [-0.3, -0.25) is 0 Å². The molecule has 0 fully saturated rings. The molecule has 0 amide bonds. The van der Waals surface area contributed by atoms with Gasteiger partial charge in [0.2, 0.25) is 0 Å². The number of rotatable bonds is 3. The van der Waals surface area contributed by atoms with E-state index in [0.29, 0.717) is 6.42 Å². The molecule has 3 heteroatoms. The van der Waals surface area contributed by atoms with Gasteiger partial charge in [0.25, 0.3) is 0 Å². The average Bonchev–Trinajstić information content (AvgIpc) is 2.14. The van der Waals surface area contributed by atoms with Crippen molar-refractivity contribution in [3.8, 4) is 0 Å². The van der Waals surface area contributed by atoms with E-state index in [-0.39, 0.29) is 0 Å². The number of methoxy groups -OCH3 is 1. The lowest BCUT2D eigenvalue weighted by molar-refractivity contribution is -0.150. The van der Waals surface area contributed by atoms with Crippen LogP contribution in [0.25, 0.3) is 0 Å². The highest BCUT2D eigenvalue weighted by molar-refractivity contribution is 5.74. The zero-order valence-corrected chi connectivity index (χ0v) is 9.28. The van der Waals surface area contributed by atoms with Crippen LogP contribution in [0, 0.1) is 13.8 Å². The first-order valence-electron chi connectivity index (χ1n) is 4.86. The Labute approximate surface area is 89.7 Å². The molecule has 0 bridgehead atoms. The second kappa shape index (κ2) is 4.94. The highest BCUT2D eigenvalue weighted by Gasteiger charge is 2.15. The van der Waals surface area contributed by atoms with Crippen LogP contribution in [0.1, 0.15) is 16.7 Å².